The van der Waals surface area contributed by atoms with E-state index in [-0.39, 0.29) is 50.3 Å². The van der Waals surface area contributed by atoms with Crippen LogP contribution in [-0.2, 0) is 20.8 Å². The van der Waals surface area contributed by atoms with Gasteiger partial charge in [0.2, 0.25) is 5.91 Å². The average molecular weight is 775 g/mol. The van der Waals surface area contributed by atoms with Crippen LogP contribution in [0.25, 0.3) is 0 Å². The second-order valence-corrected chi connectivity index (χ2v) is 12.3. The molecule has 18 nitrogen and oxygen atoms in total. The van der Waals surface area contributed by atoms with Crippen molar-refractivity contribution in [3.63, 3.8) is 0 Å². The monoisotopic (exact) mass is 774 g/mol. The van der Waals surface area contributed by atoms with Gasteiger partial charge in [0.05, 0.1) is 11.0 Å². The van der Waals surface area contributed by atoms with E-state index in [1.54, 1.807) is 0 Å². The number of carboxylic acids is 1. The third-order valence-electron chi connectivity index (χ3n) is 8.36. The zero-order valence-electron chi connectivity index (χ0n) is 27.6. The van der Waals surface area contributed by atoms with Crippen molar-refractivity contribution in [1.82, 2.24) is 25.8 Å². The van der Waals surface area contributed by atoms with Gasteiger partial charge >= 0.3 is 37.0 Å². The van der Waals surface area contributed by atoms with Crippen molar-refractivity contribution < 1.29 is 67.7 Å². The summed E-state index contributed by atoms with van der Waals surface area (Å²) in [6.45, 7) is -0.448. The molecule has 284 valence electrons. The summed E-state index contributed by atoms with van der Waals surface area (Å²) in [6, 6.07) is 4.24. The standard InChI is InChI=1S/C32H30BClF2N6O12/c34-22-17(13-19(36)24(44)25(22)45)23(27(46)39-20-12-14-2-7-18(35)21(30(49)50)26(14)54-33(20)53)40-32(52)42-11-10-41(28(47)29(42)48)9-1-8-37-31(51)38-15-3-5-16(43)6-4-15/h2-7,13,20,23,43-45,53H,1,8-12H2,(H,39,46)(H,40,52)(H,49,50)(H2,37,38,51)/t20-,23?/m0/s1. The zero-order valence-corrected chi connectivity index (χ0v) is 28.4. The number of rotatable bonds is 10. The molecular weight excluding hydrogens is 745 g/mol. The number of nitrogens with zero attached hydrogens (tertiary/aromatic N) is 2. The number of aromatic carboxylic acids is 1. The molecule has 2 heterocycles. The summed E-state index contributed by atoms with van der Waals surface area (Å²) >= 11 is 6.12. The molecule has 0 aliphatic carbocycles. The van der Waals surface area contributed by atoms with Crippen molar-refractivity contribution in [2.45, 2.75) is 24.8 Å². The number of carboxylic acid groups (broad SMARTS) is 1. The predicted octanol–water partition coefficient (Wildman–Crippen LogP) is 1.21. The highest BCUT2D eigenvalue weighted by Crippen LogP contribution is 2.40. The van der Waals surface area contributed by atoms with Gasteiger partial charge in [0.25, 0.3) is 0 Å². The van der Waals surface area contributed by atoms with Gasteiger partial charge in [-0.05, 0) is 54.8 Å². The van der Waals surface area contributed by atoms with Crippen molar-refractivity contribution in [3.05, 3.63) is 75.8 Å². The fourth-order valence-electron chi connectivity index (χ4n) is 5.62. The zero-order chi connectivity index (χ0) is 39.4. The van der Waals surface area contributed by atoms with E-state index in [9.17, 15) is 63.0 Å². The first kappa shape index (κ1) is 38.9. The Balaban J connectivity index is 1.25. The van der Waals surface area contributed by atoms with Crippen LogP contribution in [0.1, 0.15) is 33.9 Å². The number of hydrogen-bond acceptors (Lipinski definition) is 11. The summed E-state index contributed by atoms with van der Waals surface area (Å²) in [4.78, 5) is 78.3. The Hall–Kier alpha value is -6.35. The molecule has 5 rings (SSSR count). The summed E-state index contributed by atoms with van der Waals surface area (Å²) in [6.07, 6.45) is -0.126. The van der Waals surface area contributed by atoms with E-state index < -0.39 is 99.9 Å². The van der Waals surface area contributed by atoms with Gasteiger partial charge < -0.3 is 56.3 Å². The Morgan fingerprint density at radius 2 is 1.69 bits per heavy atom. The number of phenols is 3. The molecule has 0 saturated carbocycles. The number of aromatic hydroxyl groups is 3. The van der Waals surface area contributed by atoms with Crippen molar-refractivity contribution in [1.29, 1.82) is 0 Å². The van der Waals surface area contributed by atoms with Crippen LogP contribution in [0.15, 0.2) is 42.5 Å². The molecule has 0 aromatic heterocycles. The molecule has 3 aromatic rings. The summed E-state index contributed by atoms with van der Waals surface area (Å²) < 4.78 is 34.0. The summed E-state index contributed by atoms with van der Waals surface area (Å²) in [7, 11) is -1.98. The first-order valence-electron chi connectivity index (χ1n) is 15.9. The number of amides is 7. The molecule has 1 fully saturated rings. The van der Waals surface area contributed by atoms with Gasteiger partial charge in [0, 0.05) is 37.4 Å². The van der Waals surface area contributed by atoms with Gasteiger partial charge in [-0.15, -0.1) is 0 Å². The van der Waals surface area contributed by atoms with E-state index in [0.29, 0.717) is 16.7 Å². The molecule has 1 unspecified atom stereocenters. The smallest absolute Gasteiger partial charge is 0.534 e. The highest BCUT2D eigenvalue weighted by Gasteiger charge is 2.42. The van der Waals surface area contributed by atoms with Gasteiger partial charge in [-0.3, -0.25) is 19.3 Å². The second kappa shape index (κ2) is 16.1. The SMILES string of the molecule is O=C(NCCCN1CCN(C(=O)NC(C(=O)N[C@H]2Cc3ccc(F)c(C(=O)O)c3OB2O)c2cc(F)c(O)c(O)c2Cl)C(=O)C1=O)Nc1ccc(O)cc1. The topological polar surface area (TPSA) is 267 Å². The highest BCUT2D eigenvalue weighted by atomic mass is 35.5. The lowest BCUT2D eigenvalue weighted by atomic mass is 9.72. The van der Waals surface area contributed by atoms with Crippen molar-refractivity contribution >= 4 is 60.2 Å². The first-order valence-corrected chi connectivity index (χ1v) is 16.3. The number of phenolic OH excluding ortho intramolecular Hbond substituents is 3. The third kappa shape index (κ3) is 8.31. The summed E-state index contributed by atoms with van der Waals surface area (Å²) in [5, 5.41) is 58.1. The largest absolute Gasteiger partial charge is 0.547 e. The van der Waals surface area contributed by atoms with Crippen molar-refractivity contribution in [2.24, 2.45) is 0 Å². The van der Waals surface area contributed by atoms with Crippen LogP contribution in [0.5, 0.6) is 23.0 Å². The summed E-state index contributed by atoms with van der Waals surface area (Å²) in [5.41, 5.74) is -1.02. The minimum absolute atomic E-state index is 0.00172. The molecule has 7 amide bonds. The number of urea groups is 2. The van der Waals surface area contributed by atoms with E-state index in [0.717, 1.165) is 17.0 Å². The molecule has 2 atom stereocenters. The van der Waals surface area contributed by atoms with Gasteiger partial charge in [0.15, 0.2) is 17.3 Å². The quantitative estimate of drug-likeness (QED) is 0.0463. The van der Waals surface area contributed by atoms with Crippen LogP contribution in [0, 0.1) is 11.6 Å². The minimum atomic E-state index is -2.07. The second-order valence-electron chi connectivity index (χ2n) is 11.9. The van der Waals surface area contributed by atoms with E-state index >= 15 is 0 Å². The lowest BCUT2D eigenvalue weighted by Gasteiger charge is -2.34. The lowest BCUT2D eigenvalue weighted by Crippen LogP contribution is -2.60. The maximum Gasteiger partial charge on any atom is 0.547 e. The molecule has 9 N–H and O–H groups in total. The molecule has 0 bridgehead atoms. The Morgan fingerprint density at radius 1 is 0.981 bits per heavy atom. The van der Waals surface area contributed by atoms with Crippen molar-refractivity contribution in [3.8, 4) is 23.0 Å². The number of hydrogen-bond donors (Lipinski definition) is 9. The number of anilines is 1. The Bertz CT molecular complexity index is 2030. The van der Waals surface area contributed by atoms with Crippen molar-refractivity contribution in [2.75, 3.05) is 31.5 Å². The number of carbonyl (C=O) groups excluding carboxylic acids is 5. The highest BCUT2D eigenvalue weighted by molar-refractivity contribution is 6.47. The molecule has 2 aliphatic heterocycles. The first-order chi connectivity index (χ1) is 25.6. The molecule has 2 aliphatic rings. The average Bonchev–Trinajstić information content (AvgIpc) is 3.12. The van der Waals surface area contributed by atoms with Crippen LogP contribution < -0.4 is 25.9 Å². The number of nitrogens with one attached hydrogen (secondary N) is 4. The molecule has 0 radical (unpaired) electrons. The van der Waals surface area contributed by atoms with E-state index in [2.05, 4.69) is 21.3 Å². The number of fused-ring (bicyclic) bond motifs is 1. The maximum absolute atomic E-state index is 14.6. The van der Waals surface area contributed by atoms with Gasteiger partial charge in [-0.25, -0.2) is 23.2 Å². The van der Waals surface area contributed by atoms with Gasteiger partial charge in [0.1, 0.15) is 28.9 Å². The Morgan fingerprint density at radius 3 is 2.37 bits per heavy atom. The van der Waals surface area contributed by atoms with Gasteiger partial charge in [-0.2, -0.15) is 0 Å². The molecule has 1 saturated heterocycles. The maximum atomic E-state index is 14.6. The number of benzene rings is 3. The van der Waals surface area contributed by atoms with Gasteiger partial charge in [-0.1, -0.05) is 17.7 Å². The van der Waals surface area contributed by atoms with Crippen LogP contribution in [0.4, 0.5) is 24.1 Å². The van der Waals surface area contributed by atoms with E-state index in [1.807, 2.05) is 0 Å². The third-order valence-corrected chi connectivity index (χ3v) is 8.75. The fourth-order valence-corrected chi connectivity index (χ4v) is 5.87. The number of halogens is 3. The van der Waals surface area contributed by atoms with Crippen LogP contribution in [0.2, 0.25) is 5.02 Å². The lowest BCUT2D eigenvalue weighted by molar-refractivity contribution is -0.153. The molecule has 22 heteroatoms. The molecule has 0 spiro atoms. The number of carbonyl (C=O) groups is 6. The molecule has 54 heavy (non-hydrogen) atoms. The Labute approximate surface area is 308 Å². The minimum Gasteiger partial charge on any atom is -0.534 e. The van der Waals surface area contributed by atoms with Crippen LogP contribution in [0.3, 0.4) is 0 Å². The summed E-state index contributed by atoms with van der Waals surface area (Å²) in [5.74, 6) is -12.3. The van der Waals surface area contributed by atoms with Crippen LogP contribution >= 0.6 is 11.6 Å². The van der Waals surface area contributed by atoms with E-state index in [4.69, 9.17) is 16.3 Å². The van der Waals surface area contributed by atoms with Crippen LogP contribution in [-0.4, -0.2) is 110 Å². The fraction of sp³-hybridized carbons (Fsp3) is 0.250. The Kier molecular flexibility index (Phi) is 11.6. The van der Waals surface area contributed by atoms with E-state index in [1.165, 1.54) is 24.3 Å². The normalized spacial score (nSPS) is 15.9. The number of imide groups is 1. The molecular formula is C32H30BClF2N6O12. The molecule has 3 aromatic carbocycles. The number of piperazine rings is 1. The predicted molar refractivity (Wildman–Crippen MR) is 182 cm³/mol.